The number of nitrogens with zero attached hydrogens (tertiary/aromatic N) is 8. The fraction of sp³-hybridized carbons (Fsp3) is 0.182. The first-order chi connectivity index (χ1) is 11.8. The molecule has 0 aliphatic rings. The zero-order valence-electron chi connectivity index (χ0n) is 12.4. The van der Waals surface area contributed by atoms with E-state index >= 15 is 0 Å². The highest BCUT2D eigenvalue weighted by atomic mass is 19.4. The Morgan fingerprint density at radius 3 is 2.64 bits per heavy atom. The second-order valence-electron chi connectivity index (χ2n) is 4.69. The summed E-state index contributed by atoms with van der Waals surface area (Å²) in [5.74, 6) is -1.38. The molecule has 130 valence electrons. The molecule has 0 atom stereocenters. The predicted molar refractivity (Wildman–Crippen MR) is 75.3 cm³/mol. The van der Waals surface area contributed by atoms with Crippen molar-refractivity contribution in [3.63, 3.8) is 0 Å². The number of aromatic nitrogens is 8. The molecule has 0 saturated carbocycles. The Balaban J connectivity index is 2.06. The summed E-state index contributed by atoms with van der Waals surface area (Å²) < 4.78 is 40.8. The van der Waals surface area contributed by atoms with Gasteiger partial charge in [0.2, 0.25) is 11.9 Å². The highest BCUT2D eigenvalue weighted by molar-refractivity contribution is 6.05. The Hall–Kier alpha value is -3.58. The fourth-order valence-electron chi connectivity index (χ4n) is 1.84. The van der Waals surface area contributed by atoms with Gasteiger partial charge in [-0.3, -0.25) is 10.1 Å². The Labute approximate surface area is 136 Å². The Bertz CT molecular complexity index is 930. The van der Waals surface area contributed by atoms with Crippen LogP contribution in [0.3, 0.4) is 0 Å². The maximum absolute atomic E-state index is 12.9. The van der Waals surface area contributed by atoms with Gasteiger partial charge in [0.25, 0.3) is 5.91 Å². The average Bonchev–Trinajstić information content (AvgIpc) is 3.15. The standard InChI is InChI=1S/C11H9F3N10O/c1-23-10(19-21-22-23)18-8(25)5-2-3-6(11(12,13)14)17-7(5)24-4-16-9(15)20-24/h2-4H,1H3,(H2,15,20)(H,18,19,22,25). The molecule has 14 heteroatoms. The quantitative estimate of drug-likeness (QED) is 0.671. The number of nitrogens with two attached hydrogens (primary N) is 1. The third-order valence-electron chi connectivity index (χ3n) is 2.98. The van der Waals surface area contributed by atoms with Crippen LogP contribution in [0.2, 0.25) is 0 Å². The van der Waals surface area contributed by atoms with Gasteiger partial charge in [-0.05, 0) is 22.6 Å². The molecule has 11 nitrogen and oxygen atoms in total. The van der Waals surface area contributed by atoms with Gasteiger partial charge in [-0.2, -0.15) is 17.9 Å². The lowest BCUT2D eigenvalue weighted by molar-refractivity contribution is -0.141. The summed E-state index contributed by atoms with van der Waals surface area (Å²) in [7, 11) is 1.47. The summed E-state index contributed by atoms with van der Waals surface area (Å²) in [6, 6.07) is 1.63. The van der Waals surface area contributed by atoms with E-state index in [1.54, 1.807) is 0 Å². The molecule has 3 aromatic rings. The van der Waals surface area contributed by atoms with Crippen molar-refractivity contribution in [1.29, 1.82) is 0 Å². The summed E-state index contributed by atoms with van der Waals surface area (Å²) in [6.07, 6.45) is -3.66. The van der Waals surface area contributed by atoms with Gasteiger partial charge in [0.05, 0.1) is 5.56 Å². The van der Waals surface area contributed by atoms with E-state index in [0.717, 1.165) is 17.1 Å². The molecule has 0 aromatic carbocycles. The first-order valence-electron chi connectivity index (χ1n) is 6.55. The monoisotopic (exact) mass is 354 g/mol. The highest BCUT2D eigenvalue weighted by Gasteiger charge is 2.34. The Morgan fingerprint density at radius 1 is 1.32 bits per heavy atom. The number of amides is 1. The number of aryl methyl sites for hydroxylation is 1. The SMILES string of the molecule is Cn1nnnc1NC(=O)c1ccc(C(F)(F)F)nc1-n1cnc(N)n1. The van der Waals surface area contributed by atoms with Crippen molar-refractivity contribution in [3.05, 3.63) is 29.7 Å². The van der Waals surface area contributed by atoms with Crippen molar-refractivity contribution in [3.8, 4) is 5.82 Å². The fourth-order valence-corrected chi connectivity index (χ4v) is 1.84. The van der Waals surface area contributed by atoms with Crippen molar-refractivity contribution in [1.82, 2.24) is 40.0 Å². The minimum atomic E-state index is -4.70. The third-order valence-corrected chi connectivity index (χ3v) is 2.98. The largest absolute Gasteiger partial charge is 0.433 e. The minimum absolute atomic E-state index is 0.00560. The van der Waals surface area contributed by atoms with E-state index in [-0.39, 0.29) is 17.5 Å². The molecule has 3 N–H and O–H groups in total. The molecule has 0 radical (unpaired) electrons. The zero-order valence-corrected chi connectivity index (χ0v) is 12.4. The third kappa shape index (κ3) is 3.22. The van der Waals surface area contributed by atoms with E-state index in [1.165, 1.54) is 11.7 Å². The van der Waals surface area contributed by atoms with Crippen molar-refractivity contribution in [2.24, 2.45) is 7.05 Å². The first kappa shape index (κ1) is 16.3. The second kappa shape index (κ2) is 5.81. The Morgan fingerprint density at radius 2 is 2.08 bits per heavy atom. The number of pyridine rings is 1. The maximum atomic E-state index is 12.9. The normalized spacial score (nSPS) is 11.5. The van der Waals surface area contributed by atoms with Crippen LogP contribution in [0.5, 0.6) is 0 Å². The van der Waals surface area contributed by atoms with E-state index in [1.807, 2.05) is 0 Å². The second-order valence-corrected chi connectivity index (χ2v) is 4.69. The van der Waals surface area contributed by atoms with Crippen molar-refractivity contribution < 1.29 is 18.0 Å². The molecule has 0 aliphatic heterocycles. The molecular weight excluding hydrogens is 345 g/mol. The van der Waals surface area contributed by atoms with Gasteiger partial charge in [0.15, 0.2) is 5.82 Å². The maximum Gasteiger partial charge on any atom is 0.433 e. The van der Waals surface area contributed by atoms with Crippen LogP contribution in [-0.4, -0.2) is 45.9 Å². The topological polar surface area (TPSA) is 142 Å². The summed E-state index contributed by atoms with van der Waals surface area (Å²) >= 11 is 0. The molecule has 0 bridgehead atoms. The van der Waals surface area contributed by atoms with Crippen LogP contribution in [0.25, 0.3) is 5.82 Å². The van der Waals surface area contributed by atoms with Crippen LogP contribution in [0.15, 0.2) is 18.5 Å². The van der Waals surface area contributed by atoms with Gasteiger partial charge in [0.1, 0.15) is 12.0 Å². The number of rotatable bonds is 3. The first-order valence-corrected chi connectivity index (χ1v) is 6.55. The van der Waals surface area contributed by atoms with Crippen molar-refractivity contribution >= 4 is 17.8 Å². The summed E-state index contributed by atoms with van der Waals surface area (Å²) in [4.78, 5) is 19.5. The van der Waals surface area contributed by atoms with Crippen LogP contribution in [0.4, 0.5) is 25.1 Å². The Kier molecular flexibility index (Phi) is 3.78. The van der Waals surface area contributed by atoms with Gasteiger partial charge in [-0.25, -0.2) is 14.6 Å². The summed E-state index contributed by atoms with van der Waals surface area (Å²) in [5.41, 5.74) is 3.96. The van der Waals surface area contributed by atoms with E-state index < -0.39 is 23.6 Å². The zero-order chi connectivity index (χ0) is 18.2. The lowest BCUT2D eigenvalue weighted by Crippen LogP contribution is -2.20. The molecule has 0 fully saturated rings. The van der Waals surface area contributed by atoms with Crippen LogP contribution in [0.1, 0.15) is 16.1 Å². The number of nitrogens with one attached hydrogen (secondary N) is 1. The molecule has 3 heterocycles. The molecule has 3 aromatic heterocycles. The van der Waals surface area contributed by atoms with Gasteiger partial charge in [0, 0.05) is 7.05 Å². The number of nitrogen functional groups attached to an aromatic ring is 1. The van der Waals surface area contributed by atoms with Crippen LogP contribution in [-0.2, 0) is 13.2 Å². The van der Waals surface area contributed by atoms with E-state index in [9.17, 15) is 18.0 Å². The molecule has 3 rings (SSSR count). The van der Waals surface area contributed by atoms with Crippen LogP contribution in [0, 0.1) is 0 Å². The number of alkyl halides is 3. The summed E-state index contributed by atoms with van der Waals surface area (Å²) in [6.45, 7) is 0. The molecule has 0 spiro atoms. The van der Waals surface area contributed by atoms with Crippen molar-refractivity contribution in [2.75, 3.05) is 11.1 Å². The van der Waals surface area contributed by atoms with E-state index in [2.05, 4.69) is 35.9 Å². The molecule has 0 saturated heterocycles. The molecule has 0 aliphatic carbocycles. The molecule has 0 unspecified atom stereocenters. The lowest BCUT2D eigenvalue weighted by Gasteiger charge is -2.11. The minimum Gasteiger partial charge on any atom is -0.366 e. The highest BCUT2D eigenvalue weighted by Crippen LogP contribution is 2.29. The summed E-state index contributed by atoms with van der Waals surface area (Å²) in [5, 5.41) is 16.5. The number of tetrazole rings is 1. The lowest BCUT2D eigenvalue weighted by atomic mass is 10.2. The predicted octanol–water partition coefficient (Wildman–Crippen LogP) is 0.0391. The number of halogens is 3. The van der Waals surface area contributed by atoms with Gasteiger partial charge in [-0.1, -0.05) is 5.10 Å². The molecule has 1 amide bonds. The van der Waals surface area contributed by atoms with Gasteiger partial charge in [-0.15, -0.1) is 5.10 Å². The van der Waals surface area contributed by atoms with Gasteiger partial charge < -0.3 is 5.73 Å². The smallest absolute Gasteiger partial charge is 0.366 e. The van der Waals surface area contributed by atoms with E-state index in [0.29, 0.717) is 6.07 Å². The number of anilines is 2. The average molecular weight is 354 g/mol. The van der Waals surface area contributed by atoms with Gasteiger partial charge >= 0.3 is 6.18 Å². The number of carbonyl (C=O) groups is 1. The van der Waals surface area contributed by atoms with E-state index in [4.69, 9.17) is 5.73 Å². The van der Waals surface area contributed by atoms with Crippen molar-refractivity contribution in [2.45, 2.75) is 6.18 Å². The number of hydrogen-bond acceptors (Lipinski definition) is 8. The van der Waals surface area contributed by atoms with Crippen LogP contribution >= 0.6 is 0 Å². The molecular formula is C11H9F3N10O. The van der Waals surface area contributed by atoms with Crippen LogP contribution < -0.4 is 11.1 Å². The number of carbonyl (C=O) groups excluding carboxylic acids is 1. The molecule has 25 heavy (non-hydrogen) atoms. The number of hydrogen-bond donors (Lipinski definition) is 2.